The van der Waals surface area contributed by atoms with Crippen molar-refractivity contribution in [2.45, 2.75) is 24.6 Å². The van der Waals surface area contributed by atoms with Crippen molar-refractivity contribution >= 4 is 15.9 Å². The van der Waals surface area contributed by atoms with Crippen LogP contribution < -0.4 is 0 Å². The summed E-state index contributed by atoms with van der Waals surface area (Å²) in [5.41, 5.74) is 2.59. The van der Waals surface area contributed by atoms with Gasteiger partial charge in [-0.15, -0.1) is 0 Å². The molecule has 0 radical (unpaired) electrons. The first-order valence-electron chi connectivity index (χ1n) is 5.46. The van der Waals surface area contributed by atoms with E-state index in [2.05, 4.69) is 54.0 Å². The molecule has 2 rings (SSSR count). The first kappa shape index (κ1) is 11.5. The van der Waals surface area contributed by atoms with Gasteiger partial charge in [0.05, 0.1) is 11.1 Å². The number of alkyl halides is 1. The largest absolute Gasteiger partial charge is 0.468 e. The maximum atomic E-state index is 5.38. The highest BCUT2D eigenvalue weighted by Crippen LogP contribution is 2.31. The number of hydrogen-bond donors (Lipinski definition) is 0. The summed E-state index contributed by atoms with van der Waals surface area (Å²) < 4.78 is 5.38. The first-order valence-corrected chi connectivity index (χ1v) is 6.37. The van der Waals surface area contributed by atoms with E-state index in [4.69, 9.17) is 4.42 Å². The van der Waals surface area contributed by atoms with E-state index in [1.807, 2.05) is 12.1 Å². The number of furan rings is 1. The normalized spacial score (nSPS) is 13.0. The second-order valence-electron chi connectivity index (χ2n) is 4.20. The van der Waals surface area contributed by atoms with Crippen molar-refractivity contribution in [1.82, 2.24) is 0 Å². The average Bonchev–Trinajstić information content (AvgIpc) is 2.81. The van der Waals surface area contributed by atoms with Crippen LogP contribution in [0.1, 0.15) is 41.5 Å². The molecule has 2 heteroatoms. The topological polar surface area (TPSA) is 13.1 Å². The van der Waals surface area contributed by atoms with Crippen LogP contribution in [0, 0.1) is 0 Å². The molecule has 0 bridgehead atoms. The highest BCUT2D eigenvalue weighted by atomic mass is 79.9. The maximum absolute atomic E-state index is 5.38. The Morgan fingerprint density at radius 2 is 1.62 bits per heavy atom. The quantitative estimate of drug-likeness (QED) is 0.729. The summed E-state index contributed by atoms with van der Waals surface area (Å²) in [6, 6.07) is 12.5. The lowest BCUT2D eigenvalue weighted by atomic mass is 10.0. The fourth-order valence-corrected chi connectivity index (χ4v) is 2.22. The predicted molar refractivity (Wildman–Crippen MR) is 70.0 cm³/mol. The fraction of sp³-hybridized carbons (Fsp3) is 0.286. The van der Waals surface area contributed by atoms with E-state index in [0.29, 0.717) is 5.92 Å². The molecule has 1 atom stereocenters. The Morgan fingerprint density at radius 1 is 1.00 bits per heavy atom. The average molecular weight is 279 g/mol. The molecule has 1 aromatic carbocycles. The van der Waals surface area contributed by atoms with Crippen molar-refractivity contribution in [3.63, 3.8) is 0 Å². The van der Waals surface area contributed by atoms with E-state index in [1.165, 1.54) is 11.1 Å². The molecule has 0 aliphatic heterocycles. The Balaban J connectivity index is 2.22. The minimum absolute atomic E-state index is 0.142. The van der Waals surface area contributed by atoms with Gasteiger partial charge in [-0.05, 0) is 29.2 Å². The van der Waals surface area contributed by atoms with Gasteiger partial charge in [0.25, 0.3) is 0 Å². The number of benzene rings is 1. The lowest BCUT2D eigenvalue weighted by molar-refractivity contribution is 0.519. The maximum Gasteiger partial charge on any atom is 0.121 e. The smallest absolute Gasteiger partial charge is 0.121 e. The van der Waals surface area contributed by atoms with E-state index in [1.54, 1.807) is 6.26 Å². The third-order valence-corrected chi connectivity index (χ3v) is 3.67. The molecule has 0 aliphatic carbocycles. The molecule has 1 aromatic heterocycles. The SMILES string of the molecule is CC(C)c1ccc(C(Br)c2ccco2)cc1. The lowest BCUT2D eigenvalue weighted by Gasteiger charge is -2.10. The molecule has 1 heterocycles. The Kier molecular flexibility index (Phi) is 3.49. The van der Waals surface area contributed by atoms with Crippen LogP contribution in [0.15, 0.2) is 47.1 Å². The van der Waals surface area contributed by atoms with Crippen molar-refractivity contribution in [2.75, 3.05) is 0 Å². The van der Waals surface area contributed by atoms with E-state index in [-0.39, 0.29) is 4.83 Å². The van der Waals surface area contributed by atoms with E-state index >= 15 is 0 Å². The molecule has 0 aliphatic rings. The van der Waals surface area contributed by atoms with E-state index in [0.717, 1.165) is 5.76 Å². The van der Waals surface area contributed by atoms with Gasteiger partial charge < -0.3 is 4.42 Å². The molecular formula is C14H15BrO. The monoisotopic (exact) mass is 278 g/mol. The van der Waals surface area contributed by atoms with E-state index in [9.17, 15) is 0 Å². The molecule has 0 fully saturated rings. The summed E-state index contributed by atoms with van der Waals surface area (Å²) in [6.07, 6.45) is 1.70. The molecule has 16 heavy (non-hydrogen) atoms. The van der Waals surface area contributed by atoms with Gasteiger partial charge in [0.1, 0.15) is 5.76 Å². The standard InChI is InChI=1S/C14H15BrO/c1-10(2)11-5-7-12(8-6-11)14(15)13-4-3-9-16-13/h3-10,14H,1-2H3. The van der Waals surface area contributed by atoms with Gasteiger partial charge in [0, 0.05) is 0 Å². The predicted octanol–water partition coefficient (Wildman–Crippen LogP) is 4.89. The molecule has 84 valence electrons. The van der Waals surface area contributed by atoms with Crippen LogP contribution in [0.2, 0.25) is 0 Å². The molecule has 2 aromatic rings. The van der Waals surface area contributed by atoms with Crippen LogP contribution in [0.5, 0.6) is 0 Å². The van der Waals surface area contributed by atoms with Gasteiger partial charge >= 0.3 is 0 Å². The van der Waals surface area contributed by atoms with Gasteiger partial charge in [0.15, 0.2) is 0 Å². The summed E-state index contributed by atoms with van der Waals surface area (Å²) in [6.45, 7) is 4.40. The van der Waals surface area contributed by atoms with Crippen LogP contribution in [0.3, 0.4) is 0 Å². The first-order chi connectivity index (χ1) is 7.68. The van der Waals surface area contributed by atoms with Gasteiger partial charge in [-0.25, -0.2) is 0 Å². The second-order valence-corrected chi connectivity index (χ2v) is 5.12. The summed E-state index contributed by atoms with van der Waals surface area (Å²) in [4.78, 5) is 0.142. The number of halogens is 1. The minimum atomic E-state index is 0.142. The second kappa shape index (κ2) is 4.88. The van der Waals surface area contributed by atoms with Gasteiger partial charge in [0.2, 0.25) is 0 Å². The van der Waals surface area contributed by atoms with Crippen LogP contribution in [0.25, 0.3) is 0 Å². The van der Waals surface area contributed by atoms with Crippen molar-refractivity contribution < 1.29 is 4.42 Å². The Bertz CT molecular complexity index is 428. The zero-order valence-corrected chi connectivity index (χ0v) is 11.1. The molecule has 1 nitrogen and oxygen atoms in total. The van der Waals surface area contributed by atoms with Crippen LogP contribution in [0.4, 0.5) is 0 Å². The molecule has 0 amide bonds. The zero-order chi connectivity index (χ0) is 11.5. The summed E-state index contributed by atoms with van der Waals surface area (Å²) >= 11 is 3.64. The lowest BCUT2D eigenvalue weighted by Crippen LogP contribution is -1.92. The van der Waals surface area contributed by atoms with Crippen molar-refractivity contribution in [3.05, 3.63) is 59.5 Å². The van der Waals surface area contributed by atoms with Crippen molar-refractivity contribution in [3.8, 4) is 0 Å². The van der Waals surface area contributed by atoms with Crippen LogP contribution in [-0.2, 0) is 0 Å². The Morgan fingerprint density at radius 3 is 2.12 bits per heavy atom. The molecular weight excluding hydrogens is 264 g/mol. The highest BCUT2D eigenvalue weighted by molar-refractivity contribution is 9.09. The van der Waals surface area contributed by atoms with Crippen LogP contribution in [-0.4, -0.2) is 0 Å². The third kappa shape index (κ3) is 2.38. The number of hydrogen-bond acceptors (Lipinski definition) is 1. The molecule has 1 unspecified atom stereocenters. The zero-order valence-electron chi connectivity index (χ0n) is 9.48. The Hall–Kier alpha value is -1.02. The minimum Gasteiger partial charge on any atom is -0.468 e. The van der Waals surface area contributed by atoms with E-state index < -0.39 is 0 Å². The summed E-state index contributed by atoms with van der Waals surface area (Å²) in [5.74, 6) is 1.52. The third-order valence-electron chi connectivity index (χ3n) is 2.69. The van der Waals surface area contributed by atoms with Crippen LogP contribution >= 0.6 is 15.9 Å². The highest BCUT2D eigenvalue weighted by Gasteiger charge is 2.12. The molecule has 0 saturated heterocycles. The van der Waals surface area contributed by atoms with Crippen molar-refractivity contribution in [2.24, 2.45) is 0 Å². The Labute approximate surface area is 105 Å². The van der Waals surface area contributed by atoms with Gasteiger partial charge in [-0.1, -0.05) is 54.0 Å². The molecule has 0 saturated carbocycles. The van der Waals surface area contributed by atoms with Crippen molar-refractivity contribution in [1.29, 1.82) is 0 Å². The summed E-state index contributed by atoms with van der Waals surface area (Å²) in [7, 11) is 0. The van der Waals surface area contributed by atoms with Gasteiger partial charge in [-0.2, -0.15) is 0 Å². The number of rotatable bonds is 3. The van der Waals surface area contributed by atoms with Gasteiger partial charge in [-0.3, -0.25) is 0 Å². The molecule has 0 N–H and O–H groups in total. The fourth-order valence-electron chi connectivity index (χ4n) is 1.65. The molecule has 0 spiro atoms. The summed E-state index contributed by atoms with van der Waals surface area (Å²) in [5, 5.41) is 0.